The van der Waals surface area contributed by atoms with Gasteiger partial charge >= 0.3 is 0 Å². The summed E-state index contributed by atoms with van der Waals surface area (Å²) in [6, 6.07) is 4.18. The van der Waals surface area contributed by atoms with Crippen LogP contribution in [0.25, 0.3) is 0 Å². The first-order valence-corrected chi connectivity index (χ1v) is 7.36. The summed E-state index contributed by atoms with van der Waals surface area (Å²) in [7, 11) is 0. The molecule has 2 N–H and O–H groups in total. The number of pyridine rings is 1. The van der Waals surface area contributed by atoms with E-state index in [1.165, 1.54) is 9.75 Å². The van der Waals surface area contributed by atoms with Crippen LogP contribution in [0.3, 0.4) is 0 Å². The lowest BCUT2D eigenvalue weighted by Crippen LogP contribution is -2.22. The van der Waals surface area contributed by atoms with Gasteiger partial charge in [0.25, 0.3) is 5.56 Å². The average molecular weight is 327 g/mol. The van der Waals surface area contributed by atoms with Crippen LogP contribution in [0.15, 0.2) is 27.6 Å². The van der Waals surface area contributed by atoms with E-state index in [1.54, 1.807) is 22.1 Å². The maximum Gasteiger partial charge on any atom is 0.265 e. The SMILES string of the molecule is CCc1ccc(Cn2cc(N)c(C)c(Br)c2=O)s1. The van der Waals surface area contributed by atoms with Gasteiger partial charge in [0, 0.05) is 16.0 Å². The van der Waals surface area contributed by atoms with Gasteiger partial charge in [-0.25, -0.2) is 0 Å². The number of anilines is 1. The number of nitrogens with two attached hydrogens (primary N) is 1. The zero-order chi connectivity index (χ0) is 13.3. The Bertz CT molecular complexity index is 630. The minimum Gasteiger partial charge on any atom is -0.397 e. The van der Waals surface area contributed by atoms with E-state index in [4.69, 9.17) is 5.73 Å². The van der Waals surface area contributed by atoms with Crippen molar-refractivity contribution in [2.45, 2.75) is 26.8 Å². The van der Waals surface area contributed by atoms with Gasteiger partial charge in [-0.15, -0.1) is 11.3 Å². The summed E-state index contributed by atoms with van der Waals surface area (Å²) in [6.07, 6.45) is 2.74. The van der Waals surface area contributed by atoms with Crippen molar-refractivity contribution in [1.29, 1.82) is 0 Å². The Labute approximate surface area is 118 Å². The minimum atomic E-state index is -0.0341. The molecule has 0 amide bonds. The molecule has 3 nitrogen and oxygen atoms in total. The van der Waals surface area contributed by atoms with Crippen molar-refractivity contribution in [3.63, 3.8) is 0 Å². The van der Waals surface area contributed by atoms with Crippen molar-refractivity contribution in [2.24, 2.45) is 0 Å². The van der Waals surface area contributed by atoms with Gasteiger partial charge < -0.3 is 10.3 Å². The highest BCUT2D eigenvalue weighted by Crippen LogP contribution is 2.20. The second-order valence-corrected chi connectivity index (χ2v) is 6.22. The highest BCUT2D eigenvalue weighted by atomic mass is 79.9. The molecule has 0 spiro atoms. The van der Waals surface area contributed by atoms with Gasteiger partial charge in [-0.2, -0.15) is 0 Å². The van der Waals surface area contributed by atoms with E-state index in [1.807, 2.05) is 6.92 Å². The molecule has 0 aliphatic rings. The smallest absolute Gasteiger partial charge is 0.265 e. The standard InChI is InChI=1S/C13H15BrN2OS/c1-3-9-4-5-10(18-9)6-16-7-11(15)8(2)12(14)13(16)17/h4-5,7H,3,6,15H2,1-2H3. The first-order valence-electron chi connectivity index (χ1n) is 5.75. The first kappa shape index (κ1) is 13.4. The molecule has 0 aromatic carbocycles. The summed E-state index contributed by atoms with van der Waals surface area (Å²) in [5.74, 6) is 0. The zero-order valence-electron chi connectivity index (χ0n) is 10.4. The fraction of sp³-hybridized carbons (Fsp3) is 0.308. The molecule has 2 rings (SSSR count). The number of nitrogens with zero attached hydrogens (tertiary/aromatic N) is 1. The summed E-state index contributed by atoms with van der Waals surface area (Å²) in [5.41, 5.74) is 7.29. The first-order chi connectivity index (χ1) is 8.52. The van der Waals surface area contributed by atoms with E-state index in [2.05, 4.69) is 35.0 Å². The van der Waals surface area contributed by atoms with Crippen molar-refractivity contribution in [3.05, 3.63) is 48.5 Å². The van der Waals surface area contributed by atoms with E-state index in [9.17, 15) is 4.79 Å². The molecule has 0 bridgehead atoms. The predicted molar refractivity (Wildman–Crippen MR) is 80.4 cm³/mol. The maximum absolute atomic E-state index is 12.1. The fourth-order valence-electron chi connectivity index (χ4n) is 1.72. The molecule has 2 aromatic rings. The number of aromatic nitrogens is 1. The van der Waals surface area contributed by atoms with Crippen LogP contribution < -0.4 is 11.3 Å². The normalized spacial score (nSPS) is 10.8. The molecule has 0 radical (unpaired) electrons. The molecule has 2 aromatic heterocycles. The van der Waals surface area contributed by atoms with Crippen molar-refractivity contribution in [2.75, 3.05) is 5.73 Å². The molecule has 0 aliphatic carbocycles. The Balaban J connectivity index is 2.38. The third-order valence-electron chi connectivity index (χ3n) is 2.90. The predicted octanol–water partition coefficient (Wildman–Crippen LogP) is 3.17. The van der Waals surface area contributed by atoms with Gasteiger partial charge in [0.2, 0.25) is 0 Å². The van der Waals surface area contributed by atoms with Crippen molar-refractivity contribution >= 4 is 33.0 Å². The molecule has 0 atom stereocenters. The van der Waals surface area contributed by atoms with Crippen molar-refractivity contribution in [1.82, 2.24) is 4.57 Å². The number of halogens is 1. The van der Waals surface area contributed by atoms with Crippen LogP contribution in [0, 0.1) is 6.92 Å². The summed E-state index contributed by atoms with van der Waals surface area (Å²) >= 11 is 5.04. The average Bonchev–Trinajstić information content (AvgIpc) is 2.81. The molecule has 0 saturated heterocycles. The third-order valence-corrected chi connectivity index (χ3v) is 5.05. The van der Waals surface area contributed by atoms with Crippen molar-refractivity contribution in [3.8, 4) is 0 Å². The van der Waals surface area contributed by atoms with E-state index in [-0.39, 0.29) is 5.56 Å². The number of rotatable bonds is 3. The number of hydrogen-bond donors (Lipinski definition) is 1. The van der Waals surface area contributed by atoms with Crippen LogP contribution in [0.2, 0.25) is 0 Å². The number of aryl methyl sites for hydroxylation is 1. The largest absolute Gasteiger partial charge is 0.397 e. The lowest BCUT2D eigenvalue weighted by molar-refractivity contribution is 0.765. The van der Waals surface area contributed by atoms with Crippen LogP contribution in [0.4, 0.5) is 5.69 Å². The fourth-order valence-corrected chi connectivity index (χ4v) is 3.13. The van der Waals surface area contributed by atoms with Crippen LogP contribution in [-0.2, 0) is 13.0 Å². The Morgan fingerprint density at radius 3 is 2.67 bits per heavy atom. The van der Waals surface area contributed by atoms with E-state index in [0.717, 1.165) is 12.0 Å². The maximum atomic E-state index is 12.1. The van der Waals surface area contributed by atoms with E-state index in [0.29, 0.717) is 16.7 Å². The number of hydrogen-bond acceptors (Lipinski definition) is 3. The number of thiophene rings is 1. The molecule has 18 heavy (non-hydrogen) atoms. The van der Waals surface area contributed by atoms with E-state index >= 15 is 0 Å². The summed E-state index contributed by atoms with van der Waals surface area (Å²) in [6.45, 7) is 4.54. The van der Waals surface area contributed by atoms with Crippen LogP contribution in [-0.4, -0.2) is 4.57 Å². The molecule has 0 fully saturated rings. The number of nitrogen functional groups attached to an aromatic ring is 1. The molecule has 5 heteroatoms. The van der Waals surface area contributed by atoms with Gasteiger partial charge in [-0.05, 0) is 47.0 Å². The quantitative estimate of drug-likeness (QED) is 0.941. The minimum absolute atomic E-state index is 0.0341. The van der Waals surface area contributed by atoms with Gasteiger partial charge in [0.1, 0.15) is 0 Å². The lowest BCUT2D eigenvalue weighted by Gasteiger charge is -2.09. The highest BCUT2D eigenvalue weighted by molar-refractivity contribution is 9.10. The second-order valence-electron chi connectivity index (χ2n) is 4.18. The van der Waals surface area contributed by atoms with Gasteiger partial charge in [-0.3, -0.25) is 4.79 Å². The molecule has 0 saturated carbocycles. The lowest BCUT2D eigenvalue weighted by atomic mass is 10.2. The Hall–Kier alpha value is -1.07. The van der Waals surface area contributed by atoms with E-state index < -0.39 is 0 Å². The molecule has 0 unspecified atom stereocenters. The second kappa shape index (κ2) is 5.28. The monoisotopic (exact) mass is 326 g/mol. The third kappa shape index (κ3) is 2.52. The summed E-state index contributed by atoms with van der Waals surface area (Å²) in [4.78, 5) is 14.6. The van der Waals surface area contributed by atoms with Gasteiger partial charge in [0.05, 0.1) is 16.7 Å². The van der Waals surface area contributed by atoms with Crippen LogP contribution in [0.5, 0.6) is 0 Å². The van der Waals surface area contributed by atoms with Crippen LogP contribution in [0.1, 0.15) is 22.2 Å². The van der Waals surface area contributed by atoms with Crippen LogP contribution >= 0.6 is 27.3 Å². The Morgan fingerprint density at radius 1 is 1.39 bits per heavy atom. The molecule has 0 aliphatic heterocycles. The summed E-state index contributed by atoms with van der Waals surface area (Å²) < 4.78 is 2.20. The Kier molecular flexibility index (Phi) is 3.92. The topological polar surface area (TPSA) is 48.0 Å². The zero-order valence-corrected chi connectivity index (χ0v) is 12.8. The van der Waals surface area contributed by atoms with Crippen molar-refractivity contribution < 1.29 is 0 Å². The molecule has 96 valence electrons. The molecular weight excluding hydrogens is 312 g/mol. The molecular formula is C13H15BrN2OS. The highest BCUT2D eigenvalue weighted by Gasteiger charge is 2.09. The molecule has 2 heterocycles. The van der Waals surface area contributed by atoms with Gasteiger partial charge in [-0.1, -0.05) is 6.92 Å². The Morgan fingerprint density at radius 2 is 2.06 bits per heavy atom. The summed E-state index contributed by atoms with van der Waals surface area (Å²) in [5, 5.41) is 0. The van der Waals surface area contributed by atoms with Gasteiger partial charge in [0.15, 0.2) is 0 Å².